The molecule has 0 fully saturated rings. The fraction of sp³-hybridized carbons (Fsp3) is 0.417. The van der Waals surface area contributed by atoms with Gasteiger partial charge in [-0.25, -0.2) is 8.78 Å². The van der Waals surface area contributed by atoms with Crippen LogP contribution < -0.4 is 5.32 Å². The molecule has 0 aliphatic heterocycles. The second-order valence-corrected chi connectivity index (χ2v) is 4.24. The number of nitrogens with zero attached hydrogens (tertiary/aromatic N) is 1. The summed E-state index contributed by atoms with van der Waals surface area (Å²) in [4.78, 5) is 20.7. The molecular weight excluding hydrogens is 274 g/mol. The Balaban J connectivity index is 3.12. The highest BCUT2D eigenvalue weighted by atomic mass is 19.2. The molecule has 2 N–H and O–H groups in total. The number of aliphatic carboxylic acids is 1. The Bertz CT molecular complexity index is 522. The number of anilines is 1. The van der Waals surface area contributed by atoms with Gasteiger partial charge >= 0.3 is 5.97 Å². The number of nitro groups is 1. The predicted octanol–water partition coefficient (Wildman–Crippen LogP) is 2.93. The van der Waals surface area contributed by atoms with Gasteiger partial charge in [-0.05, 0) is 12.5 Å². The van der Waals surface area contributed by atoms with Gasteiger partial charge in [-0.3, -0.25) is 14.9 Å². The Morgan fingerprint density at radius 3 is 2.65 bits per heavy atom. The van der Waals surface area contributed by atoms with Gasteiger partial charge in [-0.1, -0.05) is 13.3 Å². The average Bonchev–Trinajstić information content (AvgIpc) is 2.34. The Morgan fingerprint density at radius 2 is 2.15 bits per heavy atom. The van der Waals surface area contributed by atoms with E-state index in [2.05, 4.69) is 5.32 Å². The first-order valence-corrected chi connectivity index (χ1v) is 5.97. The summed E-state index contributed by atoms with van der Waals surface area (Å²) in [6, 6.07) is 0.780. The highest BCUT2D eigenvalue weighted by molar-refractivity contribution is 5.69. The molecule has 0 aliphatic carbocycles. The van der Waals surface area contributed by atoms with Crippen LogP contribution in [0.4, 0.5) is 20.2 Å². The van der Waals surface area contributed by atoms with Gasteiger partial charge in [0.15, 0.2) is 17.3 Å². The average molecular weight is 288 g/mol. The maximum absolute atomic E-state index is 13.7. The maximum Gasteiger partial charge on any atom is 0.305 e. The normalized spacial score (nSPS) is 11.9. The summed E-state index contributed by atoms with van der Waals surface area (Å²) in [6.07, 6.45) is 0.607. The maximum atomic E-state index is 13.7. The molecule has 0 heterocycles. The summed E-state index contributed by atoms with van der Waals surface area (Å²) in [5.74, 6) is -3.75. The number of carbonyl (C=O) groups is 1. The Morgan fingerprint density at radius 1 is 1.50 bits per heavy atom. The number of nitro benzene ring substituents is 1. The lowest BCUT2D eigenvalue weighted by molar-refractivity contribution is -0.384. The fourth-order valence-electron chi connectivity index (χ4n) is 1.82. The van der Waals surface area contributed by atoms with E-state index in [0.717, 1.165) is 6.07 Å². The minimum Gasteiger partial charge on any atom is -0.481 e. The molecule has 0 saturated heterocycles. The molecule has 1 atom stereocenters. The molecule has 0 spiro atoms. The molecule has 0 radical (unpaired) electrons. The van der Waals surface area contributed by atoms with Crippen LogP contribution >= 0.6 is 0 Å². The smallest absolute Gasteiger partial charge is 0.305 e. The van der Waals surface area contributed by atoms with E-state index in [9.17, 15) is 23.7 Å². The van der Waals surface area contributed by atoms with Gasteiger partial charge in [0.1, 0.15) is 0 Å². The number of carboxylic acid groups (broad SMARTS) is 1. The third kappa shape index (κ3) is 3.87. The van der Waals surface area contributed by atoms with Crippen LogP contribution in [0.15, 0.2) is 12.1 Å². The molecule has 1 rings (SSSR count). The number of hydrogen-bond acceptors (Lipinski definition) is 4. The fourth-order valence-corrected chi connectivity index (χ4v) is 1.82. The van der Waals surface area contributed by atoms with E-state index in [1.165, 1.54) is 0 Å². The summed E-state index contributed by atoms with van der Waals surface area (Å²) in [7, 11) is 0. The third-order valence-electron chi connectivity index (χ3n) is 2.68. The third-order valence-corrected chi connectivity index (χ3v) is 2.68. The monoisotopic (exact) mass is 288 g/mol. The predicted molar refractivity (Wildman–Crippen MR) is 67.6 cm³/mol. The first-order chi connectivity index (χ1) is 9.36. The summed E-state index contributed by atoms with van der Waals surface area (Å²) >= 11 is 0. The second-order valence-electron chi connectivity index (χ2n) is 4.24. The highest BCUT2D eigenvalue weighted by Gasteiger charge is 2.24. The first-order valence-electron chi connectivity index (χ1n) is 5.97. The lowest BCUT2D eigenvalue weighted by Gasteiger charge is -2.18. The minimum absolute atomic E-state index is 0.346. The number of halogens is 2. The summed E-state index contributed by atoms with van der Waals surface area (Å²) < 4.78 is 26.8. The zero-order chi connectivity index (χ0) is 15.3. The van der Waals surface area contributed by atoms with Gasteiger partial charge in [0.05, 0.1) is 11.3 Å². The SMILES string of the molecule is CCCC(CC(=O)O)Nc1c([N+](=O)[O-])ccc(F)c1F. The number of nitrogens with one attached hydrogen (secondary N) is 1. The topological polar surface area (TPSA) is 92.5 Å². The van der Waals surface area contributed by atoms with Crippen LogP contribution in [0.25, 0.3) is 0 Å². The molecule has 8 heteroatoms. The van der Waals surface area contributed by atoms with Crippen LogP contribution in [-0.4, -0.2) is 22.0 Å². The van der Waals surface area contributed by atoms with Crippen molar-refractivity contribution in [1.29, 1.82) is 0 Å². The van der Waals surface area contributed by atoms with Gasteiger partial charge < -0.3 is 10.4 Å². The van der Waals surface area contributed by atoms with Crippen LogP contribution in [0.5, 0.6) is 0 Å². The van der Waals surface area contributed by atoms with E-state index >= 15 is 0 Å². The van der Waals surface area contributed by atoms with Crippen molar-refractivity contribution in [3.63, 3.8) is 0 Å². The Hall–Kier alpha value is -2.25. The van der Waals surface area contributed by atoms with Crippen molar-refractivity contribution in [3.8, 4) is 0 Å². The van der Waals surface area contributed by atoms with Crippen molar-refractivity contribution in [3.05, 3.63) is 33.9 Å². The lowest BCUT2D eigenvalue weighted by atomic mass is 10.1. The Labute approximate surface area is 113 Å². The van der Waals surface area contributed by atoms with Crippen LogP contribution in [0.1, 0.15) is 26.2 Å². The summed E-state index contributed by atoms with van der Waals surface area (Å²) in [5.41, 5.74) is -1.25. The zero-order valence-corrected chi connectivity index (χ0v) is 10.7. The second kappa shape index (κ2) is 6.78. The molecule has 1 unspecified atom stereocenters. The first kappa shape index (κ1) is 15.8. The van der Waals surface area contributed by atoms with Crippen molar-refractivity contribution in [2.45, 2.75) is 32.2 Å². The van der Waals surface area contributed by atoms with Crippen LogP contribution in [0.2, 0.25) is 0 Å². The molecule has 0 saturated carbocycles. The van der Waals surface area contributed by atoms with E-state index in [1.54, 1.807) is 6.92 Å². The minimum atomic E-state index is -1.38. The van der Waals surface area contributed by atoms with Gasteiger partial charge in [-0.2, -0.15) is 0 Å². The van der Waals surface area contributed by atoms with Crippen molar-refractivity contribution < 1.29 is 23.6 Å². The van der Waals surface area contributed by atoms with Crippen molar-refractivity contribution >= 4 is 17.3 Å². The van der Waals surface area contributed by atoms with E-state index in [-0.39, 0.29) is 6.42 Å². The van der Waals surface area contributed by atoms with E-state index in [4.69, 9.17) is 5.11 Å². The standard InChI is InChI=1S/C12H14F2N2O4/c1-2-3-7(6-10(17)18)15-12-9(16(19)20)5-4-8(13)11(12)14/h4-5,7,15H,2-3,6H2,1H3,(H,17,18). The summed E-state index contributed by atoms with van der Waals surface area (Å²) in [6.45, 7) is 1.78. The van der Waals surface area contributed by atoms with Gasteiger partial charge in [0.2, 0.25) is 0 Å². The molecule has 0 bridgehead atoms. The molecule has 0 amide bonds. The molecule has 6 nitrogen and oxygen atoms in total. The molecule has 20 heavy (non-hydrogen) atoms. The molecule has 0 aromatic heterocycles. The van der Waals surface area contributed by atoms with Gasteiger partial charge in [0.25, 0.3) is 5.69 Å². The van der Waals surface area contributed by atoms with Crippen molar-refractivity contribution in [2.75, 3.05) is 5.32 Å². The van der Waals surface area contributed by atoms with Gasteiger partial charge in [0, 0.05) is 12.1 Å². The quantitative estimate of drug-likeness (QED) is 0.594. The van der Waals surface area contributed by atoms with E-state index in [1.807, 2.05) is 0 Å². The van der Waals surface area contributed by atoms with Crippen LogP contribution in [0.3, 0.4) is 0 Å². The Kier molecular flexibility index (Phi) is 5.36. The van der Waals surface area contributed by atoms with Crippen molar-refractivity contribution in [2.24, 2.45) is 0 Å². The lowest BCUT2D eigenvalue weighted by Crippen LogP contribution is -2.24. The molecule has 1 aromatic carbocycles. The van der Waals surface area contributed by atoms with Crippen LogP contribution in [0, 0.1) is 21.7 Å². The van der Waals surface area contributed by atoms with Crippen molar-refractivity contribution in [1.82, 2.24) is 0 Å². The molecule has 1 aromatic rings. The largest absolute Gasteiger partial charge is 0.481 e. The molecule has 0 aliphatic rings. The highest BCUT2D eigenvalue weighted by Crippen LogP contribution is 2.30. The summed E-state index contributed by atoms with van der Waals surface area (Å²) in [5, 5.41) is 22.0. The number of benzene rings is 1. The number of hydrogen-bond donors (Lipinski definition) is 2. The number of rotatable bonds is 7. The van der Waals surface area contributed by atoms with E-state index < -0.39 is 39.9 Å². The van der Waals surface area contributed by atoms with Crippen LogP contribution in [-0.2, 0) is 4.79 Å². The van der Waals surface area contributed by atoms with E-state index in [0.29, 0.717) is 18.9 Å². The molecule has 110 valence electrons. The van der Waals surface area contributed by atoms with Gasteiger partial charge in [-0.15, -0.1) is 0 Å². The molecular formula is C12H14F2N2O4. The zero-order valence-electron chi connectivity index (χ0n) is 10.7. The number of carboxylic acids is 1.